The Hall–Kier alpha value is -2.62. The average Bonchev–Trinajstić information content (AvgIpc) is 3.04. The van der Waals surface area contributed by atoms with Gasteiger partial charge < -0.3 is 8.82 Å². The number of aryl methyl sites for hydroxylation is 2. The van der Waals surface area contributed by atoms with Crippen molar-refractivity contribution < 1.29 is 8.98 Å². The van der Waals surface area contributed by atoms with Gasteiger partial charge in [-0.1, -0.05) is 12.1 Å². The van der Waals surface area contributed by atoms with Crippen molar-refractivity contribution in [1.29, 1.82) is 0 Å². The van der Waals surface area contributed by atoms with Gasteiger partial charge in [-0.15, -0.1) is 0 Å². The number of nitrogens with zero attached hydrogens (tertiary/aromatic N) is 3. The second kappa shape index (κ2) is 3.10. The molecule has 4 aromatic heterocycles. The molecule has 20 heavy (non-hydrogen) atoms. The van der Waals surface area contributed by atoms with Crippen LogP contribution in [0.2, 0.25) is 0 Å². The molecule has 0 radical (unpaired) electrons. The lowest BCUT2D eigenvalue weighted by atomic mass is 10.0. The van der Waals surface area contributed by atoms with Gasteiger partial charge >= 0.3 is 5.71 Å². The van der Waals surface area contributed by atoms with Crippen LogP contribution in [0.4, 0.5) is 0 Å². The van der Waals surface area contributed by atoms with Crippen LogP contribution in [0.25, 0.3) is 38.4 Å². The highest BCUT2D eigenvalue weighted by molar-refractivity contribution is 6.18. The minimum atomic E-state index is 0.698. The maximum absolute atomic E-state index is 5.64. The lowest BCUT2D eigenvalue weighted by Gasteiger charge is -2.08. The summed E-state index contributed by atoms with van der Waals surface area (Å²) in [5.74, 6) is 0. The topological polar surface area (TPSA) is 34.3 Å². The van der Waals surface area contributed by atoms with Crippen molar-refractivity contribution in [2.75, 3.05) is 0 Å². The summed E-state index contributed by atoms with van der Waals surface area (Å²) < 4.78 is 9.93. The van der Waals surface area contributed by atoms with Crippen molar-refractivity contribution in [2.45, 2.75) is 6.92 Å². The summed E-state index contributed by atoms with van der Waals surface area (Å²) in [7, 11) is 2.04. The summed E-state index contributed by atoms with van der Waals surface area (Å²) >= 11 is 0. The molecule has 0 saturated heterocycles. The molecule has 4 heteroatoms. The zero-order valence-electron chi connectivity index (χ0n) is 11.2. The van der Waals surface area contributed by atoms with Crippen LogP contribution in [-0.4, -0.2) is 9.38 Å². The highest BCUT2D eigenvalue weighted by atomic mass is 16.3. The van der Waals surface area contributed by atoms with Crippen LogP contribution < -0.4 is 4.57 Å². The normalized spacial score (nSPS) is 12.5. The van der Waals surface area contributed by atoms with Crippen LogP contribution in [0.5, 0.6) is 0 Å². The number of aromatic nitrogens is 3. The monoisotopic (exact) mass is 262 g/mol. The molecule has 4 heterocycles. The van der Waals surface area contributed by atoms with Gasteiger partial charge in [0.1, 0.15) is 17.2 Å². The number of furan rings is 1. The van der Waals surface area contributed by atoms with E-state index >= 15 is 0 Å². The Kier molecular flexibility index (Phi) is 1.58. The Labute approximate surface area is 114 Å². The number of benzene rings is 1. The van der Waals surface area contributed by atoms with E-state index in [-0.39, 0.29) is 0 Å². The predicted octanol–water partition coefficient (Wildman–Crippen LogP) is 2.96. The second-order valence-corrected chi connectivity index (χ2v) is 5.39. The van der Waals surface area contributed by atoms with E-state index in [0.717, 1.165) is 10.9 Å². The summed E-state index contributed by atoms with van der Waals surface area (Å²) in [5.41, 5.74) is 5.48. The molecule has 0 atom stereocenters. The highest BCUT2D eigenvalue weighted by Crippen LogP contribution is 2.35. The van der Waals surface area contributed by atoms with Crippen LogP contribution in [-0.2, 0) is 7.05 Å². The Morgan fingerprint density at radius 2 is 2.10 bits per heavy atom. The first-order valence-electron chi connectivity index (χ1n) is 6.63. The SMILES string of the molecule is Cc1ccc2ccn3c4coc5nc[n+](C)c(c1c23)c54. The zero-order chi connectivity index (χ0) is 13.4. The molecule has 4 nitrogen and oxygen atoms in total. The third-order valence-corrected chi connectivity index (χ3v) is 4.25. The van der Waals surface area contributed by atoms with Gasteiger partial charge in [-0.25, -0.2) is 4.57 Å². The minimum absolute atomic E-state index is 0.698. The van der Waals surface area contributed by atoms with Gasteiger partial charge in [0.05, 0.1) is 12.6 Å². The van der Waals surface area contributed by atoms with Crippen molar-refractivity contribution in [3.05, 3.63) is 42.5 Å². The Morgan fingerprint density at radius 1 is 1.20 bits per heavy atom. The van der Waals surface area contributed by atoms with Crippen molar-refractivity contribution in [2.24, 2.45) is 7.05 Å². The first-order chi connectivity index (χ1) is 9.75. The van der Waals surface area contributed by atoms with Gasteiger partial charge in [-0.3, -0.25) is 0 Å². The van der Waals surface area contributed by atoms with Gasteiger partial charge in [-0.05, 0) is 23.5 Å². The Balaban J connectivity index is 2.35. The number of fused-ring (bicyclic) bond motifs is 2. The van der Waals surface area contributed by atoms with E-state index in [0.29, 0.717) is 5.71 Å². The van der Waals surface area contributed by atoms with Crippen molar-refractivity contribution in [1.82, 2.24) is 9.38 Å². The fourth-order valence-corrected chi connectivity index (χ4v) is 3.34. The van der Waals surface area contributed by atoms with Gasteiger partial charge in [0.2, 0.25) is 0 Å². The molecule has 0 fully saturated rings. The molecule has 0 aliphatic carbocycles. The first-order valence-corrected chi connectivity index (χ1v) is 6.63. The van der Waals surface area contributed by atoms with Crippen LogP contribution >= 0.6 is 0 Å². The Morgan fingerprint density at radius 3 is 3.00 bits per heavy atom. The second-order valence-electron chi connectivity index (χ2n) is 5.39. The molecule has 0 aliphatic heterocycles. The van der Waals surface area contributed by atoms with Crippen LogP contribution in [0.1, 0.15) is 5.56 Å². The van der Waals surface area contributed by atoms with Gasteiger partial charge in [-0.2, -0.15) is 0 Å². The molecule has 5 aromatic rings. The average molecular weight is 262 g/mol. The van der Waals surface area contributed by atoms with E-state index in [1.54, 1.807) is 6.26 Å². The van der Waals surface area contributed by atoms with Crippen molar-refractivity contribution in [3.63, 3.8) is 0 Å². The summed E-state index contributed by atoms with van der Waals surface area (Å²) in [6.45, 7) is 2.16. The third kappa shape index (κ3) is 0.966. The van der Waals surface area contributed by atoms with E-state index < -0.39 is 0 Å². The van der Waals surface area contributed by atoms with E-state index in [2.05, 4.69) is 45.3 Å². The van der Waals surface area contributed by atoms with E-state index in [4.69, 9.17) is 4.42 Å². The van der Waals surface area contributed by atoms with E-state index in [1.165, 1.54) is 27.4 Å². The number of hydrogen-bond donors (Lipinski definition) is 0. The molecule has 0 N–H and O–H groups in total. The maximum atomic E-state index is 5.64. The minimum Gasteiger partial charge on any atom is -0.425 e. The van der Waals surface area contributed by atoms with Crippen LogP contribution in [0, 0.1) is 6.92 Å². The molecular formula is C16H12N3O+. The lowest BCUT2D eigenvalue weighted by Crippen LogP contribution is -2.29. The summed E-state index contributed by atoms with van der Waals surface area (Å²) in [4.78, 5) is 4.38. The van der Waals surface area contributed by atoms with Crippen molar-refractivity contribution >= 4 is 38.4 Å². The molecule has 0 saturated carbocycles. The summed E-state index contributed by atoms with van der Waals surface area (Å²) in [5, 5.41) is 3.62. The molecule has 0 aliphatic rings. The maximum Gasteiger partial charge on any atom is 0.346 e. The lowest BCUT2D eigenvalue weighted by molar-refractivity contribution is -0.647. The quantitative estimate of drug-likeness (QED) is 0.317. The van der Waals surface area contributed by atoms with Gasteiger partial charge in [0, 0.05) is 17.0 Å². The predicted molar refractivity (Wildman–Crippen MR) is 77.1 cm³/mol. The smallest absolute Gasteiger partial charge is 0.346 e. The summed E-state index contributed by atoms with van der Waals surface area (Å²) in [6, 6.07) is 6.50. The molecule has 0 amide bonds. The largest absolute Gasteiger partial charge is 0.425 e. The first kappa shape index (κ1) is 10.2. The molecule has 0 bridgehead atoms. The number of pyridine rings is 1. The molecule has 5 rings (SSSR count). The zero-order valence-corrected chi connectivity index (χ0v) is 11.2. The molecule has 0 spiro atoms. The van der Waals surface area contributed by atoms with Gasteiger partial charge in [0.25, 0.3) is 6.33 Å². The molecule has 96 valence electrons. The van der Waals surface area contributed by atoms with Gasteiger partial charge in [0.15, 0.2) is 5.52 Å². The van der Waals surface area contributed by atoms with E-state index in [9.17, 15) is 0 Å². The van der Waals surface area contributed by atoms with E-state index in [1.807, 2.05) is 13.4 Å². The van der Waals surface area contributed by atoms with Crippen LogP contribution in [0.15, 0.2) is 41.4 Å². The highest BCUT2D eigenvalue weighted by Gasteiger charge is 2.23. The van der Waals surface area contributed by atoms with Crippen LogP contribution in [0.3, 0.4) is 0 Å². The fourth-order valence-electron chi connectivity index (χ4n) is 3.34. The summed E-state index contributed by atoms with van der Waals surface area (Å²) in [6.07, 6.45) is 5.72. The molecule has 0 unspecified atom stereocenters. The fraction of sp³-hybridized carbons (Fsp3) is 0.125. The molecule has 1 aromatic carbocycles. The van der Waals surface area contributed by atoms with Crippen molar-refractivity contribution in [3.8, 4) is 0 Å². The number of rotatable bonds is 0. The standard InChI is InChI=1S/C16H12N3O/c1-9-3-4-10-5-6-19-11-7-20-16-13(11)15(12(9)14(10)19)18(2)8-17-16/h3-8H,1-2H3/q+1. The Bertz CT molecular complexity index is 1030. The third-order valence-electron chi connectivity index (χ3n) is 4.25. The molecular weight excluding hydrogens is 250 g/mol. The number of hydrogen-bond acceptors (Lipinski definition) is 2.